The minimum atomic E-state index is -4.13. The quantitative estimate of drug-likeness (QED) is 0.300. The fraction of sp³-hybridized carbons (Fsp3) is 0.824. The minimum Gasteiger partial charge on any atom is -0.352 e. The summed E-state index contributed by atoms with van der Waals surface area (Å²) in [5.41, 5.74) is 0. The van der Waals surface area contributed by atoms with E-state index in [0.717, 1.165) is 38.2 Å². The van der Waals surface area contributed by atoms with E-state index in [-0.39, 0.29) is 6.04 Å². The second kappa shape index (κ2) is 10.6. The summed E-state index contributed by atoms with van der Waals surface area (Å²) in [5.74, 6) is 0.792. The van der Waals surface area contributed by atoms with Gasteiger partial charge in [-0.25, -0.2) is 0 Å². The van der Waals surface area contributed by atoms with E-state index in [0.29, 0.717) is 26.1 Å². The molecule has 0 aromatic carbocycles. The second-order valence-electron chi connectivity index (χ2n) is 6.34. The van der Waals surface area contributed by atoms with E-state index >= 15 is 0 Å². The summed E-state index contributed by atoms with van der Waals surface area (Å²) in [6.45, 7) is 7.28. The molecule has 140 valence electrons. The van der Waals surface area contributed by atoms with Crippen molar-refractivity contribution >= 4 is 5.96 Å². The normalized spacial score (nSPS) is 19.5. The molecule has 24 heavy (non-hydrogen) atoms. The van der Waals surface area contributed by atoms with Gasteiger partial charge in [-0.3, -0.25) is 9.89 Å². The van der Waals surface area contributed by atoms with Crippen molar-refractivity contribution in [2.45, 2.75) is 51.2 Å². The van der Waals surface area contributed by atoms with Gasteiger partial charge in [0.1, 0.15) is 0 Å². The number of allylic oxidation sites excluding steroid dienone is 1. The maximum Gasteiger partial charge on any atom is 0.401 e. The van der Waals surface area contributed by atoms with Crippen molar-refractivity contribution in [1.82, 2.24) is 15.1 Å². The van der Waals surface area contributed by atoms with Crippen LogP contribution in [0.25, 0.3) is 0 Å². The van der Waals surface area contributed by atoms with Crippen molar-refractivity contribution in [1.29, 1.82) is 0 Å². The van der Waals surface area contributed by atoms with Crippen molar-refractivity contribution in [2.75, 3.05) is 39.8 Å². The van der Waals surface area contributed by atoms with Crippen LogP contribution in [0.1, 0.15) is 39.0 Å². The Morgan fingerprint density at radius 3 is 2.75 bits per heavy atom. The van der Waals surface area contributed by atoms with Crippen LogP contribution in [0, 0.1) is 0 Å². The molecule has 1 fully saturated rings. The van der Waals surface area contributed by atoms with Crippen molar-refractivity contribution in [3.63, 3.8) is 0 Å². The van der Waals surface area contributed by atoms with E-state index < -0.39 is 12.7 Å². The molecule has 0 aliphatic carbocycles. The predicted octanol–water partition coefficient (Wildman–Crippen LogP) is 3.27. The van der Waals surface area contributed by atoms with Gasteiger partial charge >= 0.3 is 6.18 Å². The summed E-state index contributed by atoms with van der Waals surface area (Å²) in [6, 6.07) is 0.0286. The molecule has 1 aliphatic heterocycles. The molecule has 1 heterocycles. The zero-order valence-corrected chi connectivity index (χ0v) is 14.9. The first kappa shape index (κ1) is 20.8. The smallest absolute Gasteiger partial charge is 0.352 e. The van der Waals surface area contributed by atoms with Crippen LogP contribution < -0.4 is 5.32 Å². The second-order valence-corrected chi connectivity index (χ2v) is 6.34. The van der Waals surface area contributed by atoms with Gasteiger partial charge in [0.2, 0.25) is 0 Å². The van der Waals surface area contributed by atoms with Crippen LogP contribution in [0.4, 0.5) is 13.2 Å². The monoisotopic (exact) mass is 348 g/mol. The maximum absolute atomic E-state index is 12.5. The van der Waals surface area contributed by atoms with Gasteiger partial charge in [-0.15, -0.1) is 6.58 Å². The standard InChI is InChI=1S/C17H31F3N4/c1-4-6-7-8-9-11-23(3)16(21-5-2)22-15-10-12-24(13-15)14-17(18,19)20/h4,15H,1,5-14H2,2-3H3,(H,21,22). The lowest BCUT2D eigenvalue weighted by Gasteiger charge is -2.25. The number of rotatable bonds is 9. The highest BCUT2D eigenvalue weighted by Gasteiger charge is 2.34. The molecule has 1 N–H and O–H groups in total. The van der Waals surface area contributed by atoms with Crippen LogP contribution >= 0.6 is 0 Å². The number of likely N-dealkylation sites (tertiary alicyclic amines) is 1. The fourth-order valence-electron chi connectivity index (χ4n) is 2.88. The number of nitrogens with one attached hydrogen (secondary N) is 1. The van der Waals surface area contributed by atoms with E-state index in [1.165, 1.54) is 4.90 Å². The summed E-state index contributed by atoms with van der Waals surface area (Å²) in [5, 5.41) is 3.34. The van der Waals surface area contributed by atoms with Crippen molar-refractivity contribution in [3.05, 3.63) is 12.7 Å². The average molecular weight is 348 g/mol. The number of halogens is 3. The molecule has 1 unspecified atom stereocenters. The zero-order chi connectivity index (χ0) is 18.0. The van der Waals surface area contributed by atoms with Crippen LogP contribution in [-0.2, 0) is 0 Å². The average Bonchev–Trinajstić information content (AvgIpc) is 2.91. The van der Waals surface area contributed by atoms with Gasteiger partial charge < -0.3 is 10.2 Å². The molecule has 0 amide bonds. The fourth-order valence-corrected chi connectivity index (χ4v) is 2.88. The van der Waals surface area contributed by atoms with Crippen molar-refractivity contribution in [2.24, 2.45) is 4.99 Å². The summed E-state index contributed by atoms with van der Waals surface area (Å²) >= 11 is 0. The number of guanidine groups is 1. The minimum absolute atomic E-state index is 0.0286. The van der Waals surface area contributed by atoms with Crippen molar-refractivity contribution in [3.8, 4) is 0 Å². The van der Waals surface area contributed by atoms with Crippen LogP contribution in [0.15, 0.2) is 17.6 Å². The molecule has 1 aliphatic rings. The number of hydrogen-bond acceptors (Lipinski definition) is 2. The first-order valence-corrected chi connectivity index (χ1v) is 8.77. The molecule has 0 bridgehead atoms. The van der Waals surface area contributed by atoms with Crippen molar-refractivity contribution < 1.29 is 13.2 Å². The van der Waals surface area contributed by atoms with Gasteiger partial charge in [0.15, 0.2) is 5.96 Å². The van der Waals surface area contributed by atoms with Gasteiger partial charge in [0.25, 0.3) is 0 Å². The molecule has 4 nitrogen and oxygen atoms in total. The lowest BCUT2D eigenvalue weighted by Crippen LogP contribution is -2.46. The van der Waals surface area contributed by atoms with E-state index in [4.69, 9.17) is 0 Å². The maximum atomic E-state index is 12.5. The Kier molecular flexibility index (Phi) is 9.18. The van der Waals surface area contributed by atoms with E-state index in [9.17, 15) is 13.2 Å². The number of aliphatic imine (C=N–C) groups is 1. The lowest BCUT2D eigenvalue weighted by molar-refractivity contribution is -0.143. The third-order valence-corrected chi connectivity index (χ3v) is 4.08. The number of alkyl halides is 3. The van der Waals surface area contributed by atoms with Gasteiger partial charge in [-0.1, -0.05) is 12.5 Å². The van der Waals surface area contributed by atoms with E-state index in [2.05, 4.69) is 21.8 Å². The van der Waals surface area contributed by atoms with Crippen LogP contribution in [0.2, 0.25) is 0 Å². The summed E-state index contributed by atoms with van der Waals surface area (Å²) < 4.78 is 37.4. The van der Waals surface area contributed by atoms with Gasteiger partial charge in [-0.2, -0.15) is 13.2 Å². The Morgan fingerprint density at radius 2 is 2.12 bits per heavy atom. The van der Waals surface area contributed by atoms with Crippen LogP contribution in [-0.4, -0.2) is 67.7 Å². The molecular formula is C17H31F3N4. The molecule has 1 rings (SSSR count). The third kappa shape index (κ3) is 8.57. The lowest BCUT2D eigenvalue weighted by atomic mass is 10.2. The van der Waals surface area contributed by atoms with Gasteiger partial charge in [-0.05, 0) is 32.6 Å². The molecule has 7 heteroatoms. The predicted molar refractivity (Wildman–Crippen MR) is 93.3 cm³/mol. The Balaban J connectivity index is 2.40. The first-order valence-electron chi connectivity index (χ1n) is 8.77. The molecule has 1 atom stereocenters. The number of nitrogens with zero attached hydrogens (tertiary/aromatic N) is 3. The topological polar surface area (TPSA) is 30.9 Å². The highest BCUT2D eigenvalue weighted by molar-refractivity contribution is 5.80. The van der Waals surface area contributed by atoms with Gasteiger partial charge in [0.05, 0.1) is 6.54 Å². The summed E-state index contributed by atoms with van der Waals surface area (Å²) in [6.07, 6.45) is 2.90. The summed E-state index contributed by atoms with van der Waals surface area (Å²) in [4.78, 5) is 8.00. The Morgan fingerprint density at radius 1 is 1.38 bits per heavy atom. The third-order valence-electron chi connectivity index (χ3n) is 4.08. The number of hydrogen-bond donors (Lipinski definition) is 1. The van der Waals surface area contributed by atoms with Crippen LogP contribution in [0.3, 0.4) is 0 Å². The zero-order valence-electron chi connectivity index (χ0n) is 14.9. The van der Waals surface area contributed by atoms with Crippen LogP contribution in [0.5, 0.6) is 0 Å². The highest BCUT2D eigenvalue weighted by Crippen LogP contribution is 2.20. The molecule has 0 aromatic rings. The molecule has 0 spiro atoms. The Labute approximate surface area is 143 Å². The number of unbranched alkanes of at least 4 members (excludes halogenated alkanes) is 3. The highest BCUT2D eigenvalue weighted by atomic mass is 19.4. The SMILES string of the molecule is C=CCCCCCN(C)C(=NCC)NC1CCN(CC(F)(F)F)C1. The largest absolute Gasteiger partial charge is 0.401 e. The molecular weight excluding hydrogens is 317 g/mol. The van der Waals surface area contributed by atoms with Gasteiger partial charge in [0, 0.05) is 39.3 Å². The Bertz CT molecular complexity index is 396. The molecule has 0 radical (unpaired) electrons. The Hall–Kier alpha value is -1.24. The van der Waals surface area contributed by atoms with E-state index in [1.807, 2.05) is 20.0 Å². The molecule has 0 saturated carbocycles. The first-order chi connectivity index (χ1) is 11.4. The summed E-state index contributed by atoms with van der Waals surface area (Å²) in [7, 11) is 1.98. The van der Waals surface area contributed by atoms with E-state index in [1.54, 1.807) is 0 Å². The molecule has 0 aromatic heterocycles. The molecule has 1 saturated heterocycles.